The molecule has 3 heteroatoms. The Morgan fingerprint density at radius 3 is 2.50 bits per heavy atom. The van der Waals surface area contributed by atoms with Crippen LogP contribution in [-0.4, -0.2) is 30.4 Å². The Morgan fingerprint density at radius 1 is 1.25 bits per heavy atom. The molecular formula is C13H20N2O. The van der Waals surface area contributed by atoms with Crippen LogP contribution in [-0.2, 0) is 11.2 Å². The van der Waals surface area contributed by atoms with E-state index in [1.165, 1.54) is 5.56 Å². The van der Waals surface area contributed by atoms with Crippen LogP contribution in [0.4, 0.5) is 0 Å². The third-order valence-electron chi connectivity index (χ3n) is 2.57. The van der Waals surface area contributed by atoms with E-state index < -0.39 is 0 Å². The predicted octanol–water partition coefficient (Wildman–Crippen LogP) is 1.43. The first-order chi connectivity index (χ1) is 7.77. The van der Waals surface area contributed by atoms with Gasteiger partial charge in [0.1, 0.15) is 0 Å². The lowest BCUT2D eigenvalue weighted by Crippen LogP contribution is -2.36. The number of hydrogen-bond acceptors (Lipinski definition) is 2. The van der Waals surface area contributed by atoms with Gasteiger partial charge in [-0.25, -0.2) is 0 Å². The fourth-order valence-corrected chi connectivity index (χ4v) is 1.65. The van der Waals surface area contributed by atoms with Crippen molar-refractivity contribution >= 4 is 5.91 Å². The van der Waals surface area contributed by atoms with E-state index >= 15 is 0 Å². The molecule has 0 aliphatic heterocycles. The van der Waals surface area contributed by atoms with Gasteiger partial charge in [0.05, 0.1) is 0 Å². The quantitative estimate of drug-likeness (QED) is 0.788. The summed E-state index contributed by atoms with van der Waals surface area (Å²) in [6, 6.07) is 10.2. The maximum absolute atomic E-state index is 11.6. The molecule has 16 heavy (non-hydrogen) atoms. The Hall–Kier alpha value is -1.35. The second-order valence-electron chi connectivity index (χ2n) is 3.76. The van der Waals surface area contributed by atoms with Gasteiger partial charge < -0.3 is 10.6 Å². The third-order valence-corrected chi connectivity index (χ3v) is 2.57. The number of rotatable bonds is 6. The molecule has 0 bridgehead atoms. The molecule has 1 aromatic rings. The molecule has 3 nitrogen and oxygen atoms in total. The molecule has 0 saturated carbocycles. The van der Waals surface area contributed by atoms with Crippen molar-refractivity contribution in [3.8, 4) is 0 Å². The topological polar surface area (TPSA) is 46.3 Å². The Morgan fingerprint density at radius 2 is 1.94 bits per heavy atom. The summed E-state index contributed by atoms with van der Waals surface area (Å²) in [4.78, 5) is 13.4. The highest BCUT2D eigenvalue weighted by Crippen LogP contribution is 2.02. The molecule has 0 radical (unpaired) electrons. The Labute approximate surface area is 97.2 Å². The Bertz CT molecular complexity index is 311. The zero-order chi connectivity index (χ0) is 11.8. The minimum Gasteiger partial charge on any atom is -0.341 e. The summed E-state index contributed by atoms with van der Waals surface area (Å²) >= 11 is 0. The van der Waals surface area contributed by atoms with E-state index in [1.807, 2.05) is 30.0 Å². The number of benzene rings is 1. The summed E-state index contributed by atoms with van der Waals surface area (Å²) in [7, 11) is 0. The third kappa shape index (κ3) is 4.03. The summed E-state index contributed by atoms with van der Waals surface area (Å²) in [5.41, 5.74) is 6.75. The van der Waals surface area contributed by atoms with E-state index in [-0.39, 0.29) is 5.91 Å². The number of carbonyl (C=O) groups is 1. The molecular weight excluding hydrogens is 200 g/mol. The Balaban J connectivity index is 2.47. The van der Waals surface area contributed by atoms with Crippen LogP contribution in [0, 0.1) is 0 Å². The largest absolute Gasteiger partial charge is 0.341 e. The van der Waals surface area contributed by atoms with Crippen LogP contribution in [0.15, 0.2) is 30.3 Å². The van der Waals surface area contributed by atoms with Crippen molar-refractivity contribution in [3.63, 3.8) is 0 Å². The standard InChI is InChI=1S/C13H20N2O/c1-2-13(16)15(11-9-14)10-8-12-6-4-3-5-7-12/h3-7H,2,8-11,14H2,1H3. The monoisotopic (exact) mass is 220 g/mol. The zero-order valence-electron chi connectivity index (χ0n) is 9.86. The van der Waals surface area contributed by atoms with Crippen LogP contribution in [0.25, 0.3) is 0 Å². The summed E-state index contributed by atoms with van der Waals surface area (Å²) in [6.07, 6.45) is 1.45. The van der Waals surface area contributed by atoms with E-state index in [2.05, 4.69) is 12.1 Å². The number of nitrogens with two attached hydrogens (primary N) is 1. The van der Waals surface area contributed by atoms with Gasteiger partial charge in [0.2, 0.25) is 5.91 Å². The van der Waals surface area contributed by atoms with E-state index in [9.17, 15) is 4.79 Å². The van der Waals surface area contributed by atoms with Gasteiger partial charge in [-0.3, -0.25) is 4.79 Å². The number of hydrogen-bond donors (Lipinski definition) is 1. The lowest BCUT2D eigenvalue weighted by atomic mass is 10.1. The van der Waals surface area contributed by atoms with Gasteiger partial charge in [-0.1, -0.05) is 37.3 Å². The van der Waals surface area contributed by atoms with Gasteiger partial charge >= 0.3 is 0 Å². The molecule has 0 aromatic heterocycles. The first-order valence-corrected chi connectivity index (χ1v) is 5.79. The summed E-state index contributed by atoms with van der Waals surface area (Å²) in [5.74, 6) is 0.182. The first-order valence-electron chi connectivity index (χ1n) is 5.79. The van der Waals surface area contributed by atoms with Crippen LogP contribution in [0.5, 0.6) is 0 Å². The smallest absolute Gasteiger partial charge is 0.222 e. The molecule has 1 rings (SSSR count). The SMILES string of the molecule is CCC(=O)N(CCN)CCc1ccccc1. The predicted molar refractivity (Wildman–Crippen MR) is 66.1 cm³/mol. The van der Waals surface area contributed by atoms with Crippen molar-refractivity contribution in [2.45, 2.75) is 19.8 Å². The summed E-state index contributed by atoms with van der Waals surface area (Å²) in [5, 5.41) is 0. The van der Waals surface area contributed by atoms with Gasteiger partial charge in [-0.05, 0) is 12.0 Å². The highest BCUT2D eigenvalue weighted by molar-refractivity contribution is 5.75. The van der Waals surface area contributed by atoms with E-state index in [4.69, 9.17) is 5.73 Å². The van der Waals surface area contributed by atoms with Gasteiger partial charge in [-0.2, -0.15) is 0 Å². The molecule has 88 valence electrons. The molecule has 0 spiro atoms. The molecule has 0 atom stereocenters. The molecule has 0 saturated heterocycles. The number of carbonyl (C=O) groups excluding carboxylic acids is 1. The van der Waals surface area contributed by atoms with Crippen LogP contribution < -0.4 is 5.73 Å². The molecule has 0 unspecified atom stereocenters. The normalized spacial score (nSPS) is 10.1. The molecule has 1 aromatic carbocycles. The minimum absolute atomic E-state index is 0.182. The summed E-state index contributed by atoms with van der Waals surface area (Å²) in [6.45, 7) is 3.82. The maximum Gasteiger partial charge on any atom is 0.222 e. The van der Waals surface area contributed by atoms with Gasteiger partial charge in [0.15, 0.2) is 0 Å². The van der Waals surface area contributed by atoms with Crippen molar-refractivity contribution in [1.29, 1.82) is 0 Å². The van der Waals surface area contributed by atoms with Crippen LogP contribution in [0.1, 0.15) is 18.9 Å². The van der Waals surface area contributed by atoms with Crippen LogP contribution in [0.3, 0.4) is 0 Å². The lowest BCUT2D eigenvalue weighted by Gasteiger charge is -2.21. The van der Waals surface area contributed by atoms with Crippen LogP contribution in [0.2, 0.25) is 0 Å². The number of amides is 1. The Kier molecular flexibility index (Phi) is 5.57. The van der Waals surface area contributed by atoms with Crippen molar-refractivity contribution in [3.05, 3.63) is 35.9 Å². The first kappa shape index (κ1) is 12.7. The van der Waals surface area contributed by atoms with Crippen molar-refractivity contribution in [2.75, 3.05) is 19.6 Å². The minimum atomic E-state index is 0.182. The molecule has 0 heterocycles. The number of nitrogens with zero attached hydrogens (tertiary/aromatic N) is 1. The van der Waals surface area contributed by atoms with Crippen molar-refractivity contribution < 1.29 is 4.79 Å². The van der Waals surface area contributed by atoms with Crippen molar-refractivity contribution in [2.24, 2.45) is 5.73 Å². The van der Waals surface area contributed by atoms with E-state index in [0.717, 1.165) is 13.0 Å². The molecule has 2 N–H and O–H groups in total. The second-order valence-corrected chi connectivity index (χ2v) is 3.76. The average molecular weight is 220 g/mol. The summed E-state index contributed by atoms with van der Waals surface area (Å²) < 4.78 is 0. The maximum atomic E-state index is 11.6. The molecule has 1 amide bonds. The van der Waals surface area contributed by atoms with Gasteiger partial charge in [0, 0.05) is 26.1 Å². The lowest BCUT2D eigenvalue weighted by molar-refractivity contribution is -0.130. The highest BCUT2D eigenvalue weighted by atomic mass is 16.2. The second kappa shape index (κ2) is 7.01. The van der Waals surface area contributed by atoms with E-state index in [0.29, 0.717) is 19.5 Å². The van der Waals surface area contributed by atoms with Gasteiger partial charge in [-0.15, -0.1) is 0 Å². The van der Waals surface area contributed by atoms with E-state index in [1.54, 1.807) is 0 Å². The van der Waals surface area contributed by atoms with Crippen LogP contribution >= 0.6 is 0 Å². The fraction of sp³-hybridized carbons (Fsp3) is 0.462. The molecule has 0 fully saturated rings. The van der Waals surface area contributed by atoms with Crippen molar-refractivity contribution in [1.82, 2.24) is 4.90 Å². The zero-order valence-corrected chi connectivity index (χ0v) is 9.86. The highest BCUT2D eigenvalue weighted by Gasteiger charge is 2.09. The average Bonchev–Trinajstić information content (AvgIpc) is 2.34. The fourth-order valence-electron chi connectivity index (χ4n) is 1.65. The van der Waals surface area contributed by atoms with Gasteiger partial charge in [0.25, 0.3) is 0 Å². The molecule has 0 aliphatic carbocycles. The molecule has 0 aliphatic rings.